The van der Waals surface area contributed by atoms with Gasteiger partial charge in [0.1, 0.15) is 11.6 Å². The normalized spacial score (nSPS) is 13.9. The summed E-state index contributed by atoms with van der Waals surface area (Å²) >= 11 is 0. The molecular formula is C14H18FNO. The highest BCUT2D eigenvalue weighted by Crippen LogP contribution is 2.28. The molecule has 2 nitrogen and oxygen atoms in total. The Morgan fingerprint density at radius 3 is 3.06 bits per heavy atom. The second-order valence-corrected chi connectivity index (χ2v) is 4.51. The lowest BCUT2D eigenvalue weighted by atomic mass is 10.1. The van der Waals surface area contributed by atoms with Crippen molar-refractivity contribution in [2.24, 2.45) is 0 Å². The Balaban J connectivity index is 1.93. The Bertz CT molecular complexity index is 417. The van der Waals surface area contributed by atoms with Gasteiger partial charge in [-0.1, -0.05) is 13.0 Å². The first-order valence-corrected chi connectivity index (χ1v) is 6.25. The molecule has 1 heterocycles. The first-order valence-electron chi connectivity index (χ1n) is 6.25. The molecule has 0 fully saturated rings. The van der Waals surface area contributed by atoms with Gasteiger partial charge in [0.2, 0.25) is 0 Å². The number of hydrogen-bond acceptors (Lipinski definition) is 2. The van der Waals surface area contributed by atoms with Crippen LogP contribution in [0.1, 0.15) is 31.7 Å². The minimum atomic E-state index is -0.180. The molecule has 1 aliphatic heterocycles. The molecule has 0 amide bonds. The summed E-state index contributed by atoms with van der Waals surface area (Å²) in [5.74, 6) is 0.129. The number of fused-ring (bicyclic) bond motifs is 1. The molecule has 0 aliphatic carbocycles. The molecule has 0 radical (unpaired) electrons. The molecule has 0 atom stereocenters. The van der Waals surface area contributed by atoms with Gasteiger partial charge in [0.05, 0.1) is 0 Å². The SMILES string of the molecule is CCC(=O)CCCN1CCc2ccc(F)cc21. The van der Waals surface area contributed by atoms with Crippen molar-refractivity contribution in [1.29, 1.82) is 0 Å². The van der Waals surface area contributed by atoms with Crippen LogP contribution in [0.2, 0.25) is 0 Å². The Hall–Kier alpha value is -1.38. The fourth-order valence-electron chi connectivity index (χ4n) is 2.29. The number of benzene rings is 1. The molecule has 0 saturated carbocycles. The topological polar surface area (TPSA) is 20.3 Å². The number of nitrogens with zero attached hydrogens (tertiary/aromatic N) is 1. The van der Waals surface area contributed by atoms with Crippen molar-refractivity contribution in [1.82, 2.24) is 0 Å². The highest BCUT2D eigenvalue weighted by atomic mass is 19.1. The van der Waals surface area contributed by atoms with Crippen LogP contribution in [0.4, 0.5) is 10.1 Å². The zero-order chi connectivity index (χ0) is 12.3. The van der Waals surface area contributed by atoms with E-state index in [0.717, 1.165) is 31.6 Å². The average molecular weight is 235 g/mol. The van der Waals surface area contributed by atoms with E-state index in [-0.39, 0.29) is 5.82 Å². The highest BCUT2D eigenvalue weighted by molar-refractivity contribution is 5.78. The van der Waals surface area contributed by atoms with Crippen LogP contribution in [-0.4, -0.2) is 18.9 Å². The van der Waals surface area contributed by atoms with Crippen LogP contribution < -0.4 is 4.90 Å². The molecule has 2 rings (SSSR count). The van der Waals surface area contributed by atoms with Crippen molar-refractivity contribution >= 4 is 11.5 Å². The van der Waals surface area contributed by atoms with E-state index in [9.17, 15) is 9.18 Å². The summed E-state index contributed by atoms with van der Waals surface area (Å²) in [4.78, 5) is 13.4. The summed E-state index contributed by atoms with van der Waals surface area (Å²) in [6.07, 6.45) is 3.10. The van der Waals surface area contributed by atoms with Crippen LogP contribution in [0, 0.1) is 5.82 Å². The van der Waals surface area contributed by atoms with Gasteiger partial charge in [-0.3, -0.25) is 4.79 Å². The zero-order valence-corrected chi connectivity index (χ0v) is 10.2. The number of hydrogen-bond donors (Lipinski definition) is 0. The Morgan fingerprint density at radius 2 is 2.29 bits per heavy atom. The van der Waals surface area contributed by atoms with E-state index >= 15 is 0 Å². The van der Waals surface area contributed by atoms with E-state index in [1.165, 1.54) is 11.6 Å². The third-order valence-electron chi connectivity index (χ3n) is 3.32. The van der Waals surface area contributed by atoms with E-state index in [1.54, 1.807) is 6.07 Å². The lowest BCUT2D eigenvalue weighted by molar-refractivity contribution is -0.118. The first-order chi connectivity index (χ1) is 8.20. The maximum Gasteiger partial charge on any atom is 0.132 e. The lowest BCUT2D eigenvalue weighted by Crippen LogP contribution is -2.22. The first kappa shape index (κ1) is 12.1. The predicted molar refractivity (Wildman–Crippen MR) is 66.8 cm³/mol. The van der Waals surface area contributed by atoms with Gasteiger partial charge in [-0.05, 0) is 30.5 Å². The molecule has 17 heavy (non-hydrogen) atoms. The highest BCUT2D eigenvalue weighted by Gasteiger charge is 2.19. The number of rotatable bonds is 5. The third kappa shape index (κ3) is 2.84. The van der Waals surface area contributed by atoms with Crippen LogP contribution in [0.5, 0.6) is 0 Å². The number of halogens is 1. The van der Waals surface area contributed by atoms with Crippen LogP contribution in [0.15, 0.2) is 18.2 Å². The van der Waals surface area contributed by atoms with Crippen LogP contribution in [0.25, 0.3) is 0 Å². The molecule has 0 unspecified atom stereocenters. The standard InChI is InChI=1S/C14H18FNO/c1-2-13(17)4-3-8-16-9-7-11-5-6-12(15)10-14(11)16/h5-6,10H,2-4,7-9H2,1H3. The molecule has 3 heteroatoms. The van der Waals surface area contributed by atoms with Gasteiger partial charge >= 0.3 is 0 Å². The second-order valence-electron chi connectivity index (χ2n) is 4.51. The number of anilines is 1. The second kappa shape index (κ2) is 5.30. The molecule has 92 valence electrons. The molecule has 0 aromatic heterocycles. The maximum atomic E-state index is 13.2. The summed E-state index contributed by atoms with van der Waals surface area (Å²) in [7, 11) is 0. The summed E-state index contributed by atoms with van der Waals surface area (Å²) in [6.45, 7) is 3.68. The third-order valence-corrected chi connectivity index (χ3v) is 3.32. The molecule has 1 aromatic rings. The quantitative estimate of drug-likeness (QED) is 0.782. The van der Waals surface area contributed by atoms with E-state index in [4.69, 9.17) is 0 Å². The minimum absolute atomic E-state index is 0.180. The Labute approximate surface area is 101 Å². The summed E-state index contributed by atoms with van der Waals surface area (Å²) < 4.78 is 13.2. The number of ketones is 1. The van der Waals surface area contributed by atoms with Crippen LogP contribution >= 0.6 is 0 Å². The van der Waals surface area contributed by atoms with E-state index in [0.29, 0.717) is 18.6 Å². The number of carbonyl (C=O) groups is 1. The summed E-state index contributed by atoms with van der Waals surface area (Å²) in [6, 6.07) is 4.98. The molecule has 1 aromatic carbocycles. The van der Waals surface area contributed by atoms with Gasteiger partial charge in [0, 0.05) is 31.6 Å². The Morgan fingerprint density at radius 1 is 1.47 bits per heavy atom. The van der Waals surface area contributed by atoms with Crippen molar-refractivity contribution < 1.29 is 9.18 Å². The average Bonchev–Trinajstić information content (AvgIpc) is 2.72. The van der Waals surface area contributed by atoms with Gasteiger partial charge < -0.3 is 4.90 Å². The zero-order valence-electron chi connectivity index (χ0n) is 10.2. The van der Waals surface area contributed by atoms with Gasteiger partial charge in [-0.25, -0.2) is 4.39 Å². The predicted octanol–water partition coefficient (Wildman–Crippen LogP) is 2.95. The van der Waals surface area contributed by atoms with Crippen molar-refractivity contribution in [3.63, 3.8) is 0 Å². The van der Waals surface area contributed by atoms with E-state index in [2.05, 4.69) is 4.90 Å². The summed E-state index contributed by atoms with van der Waals surface area (Å²) in [5, 5.41) is 0. The van der Waals surface area contributed by atoms with Gasteiger partial charge in [0.25, 0.3) is 0 Å². The molecule has 0 N–H and O–H groups in total. The maximum absolute atomic E-state index is 13.2. The Kier molecular flexibility index (Phi) is 3.77. The number of Topliss-reactive ketones (excluding diaryl/α,β-unsaturated/α-hetero) is 1. The van der Waals surface area contributed by atoms with Crippen molar-refractivity contribution in [3.8, 4) is 0 Å². The minimum Gasteiger partial charge on any atom is -0.371 e. The van der Waals surface area contributed by atoms with Crippen molar-refractivity contribution in [3.05, 3.63) is 29.6 Å². The molecule has 0 spiro atoms. The molecule has 0 bridgehead atoms. The van der Waals surface area contributed by atoms with E-state index in [1.807, 2.05) is 13.0 Å². The van der Waals surface area contributed by atoms with E-state index < -0.39 is 0 Å². The van der Waals surface area contributed by atoms with Gasteiger partial charge in [0.15, 0.2) is 0 Å². The van der Waals surface area contributed by atoms with Crippen molar-refractivity contribution in [2.45, 2.75) is 32.6 Å². The van der Waals surface area contributed by atoms with Crippen LogP contribution in [0.3, 0.4) is 0 Å². The van der Waals surface area contributed by atoms with Gasteiger partial charge in [-0.15, -0.1) is 0 Å². The smallest absolute Gasteiger partial charge is 0.132 e. The molecule has 1 aliphatic rings. The van der Waals surface area contributed by atoms with Crippen molar-refractivity contribution in [2.75, 3.05) is 18.0 Å². The molecule has 0 saturated heterocycles. The van der Waals surface area contributed by atoms with Crippen LogP contribution in [-0.2, 0) is 11.2 Å². The fourth-order valence-corrected chi connectivity index (χ4v) is 2.29. The largest absolute Gasteiger partial charge is 0.371 e. The summed E-state index contributed by atoms with van der Waals surface area (Å²) in [5.41, 5.74) is 2.22. The lowest BCUT2D eigenvalue weighted by Gasteiger charge is -2.19. The molecular weight excluding hydrogens is 217 g/mol. The van der Waals surface area contributed by atoms with Gasteiger partial charge in [-0.2, -0.15) is 0 Å². The monoisotopic (exact) mass is 235 g/mol. The number of carbonyl (C=O) groups excluding carboxylic acids is 1. The fraction of sp³-hybridized carbons (Fsp3) is 0.500.